The summed E-state index contributed by atoms with van der Waals surface area (Å²) in [5, 5.41) is 10.7. The topological polar surface area (TPSA) is 68.2 Å². The van der Waals surface area contributed by atoms with Crippen LogP contribution < -0.4 is 10.6 Å². The van der Waals surface area contributed by atoms with Gasteiger partial charge in [-0.3, -0.25) is 9.48 Å². The number of nitrogens with zero attached hydrogens (tertiary/aromatic N) is 2. The van der Waals surface area contributed by atoms with E-state index in [1.807, 2.05) is 10.7 Å². The number of carbonyl (C=O) groups is 1. The van der Waals surface area contributed by atoms with Crippen LogP contribution >= 0.6 is 0 Å². The average molecular weight is 278 g/mol. The first-order chi connectivity index (χ1) is 9.52. The Morgan fingerprint density at radius 3 is 3.20 bits per heavy atom. The molecule has 1 unspecified atom stereocenters. The number of aromatic nitrogens is 2. The Kier molecular flexibility index (Phi) is 3.52. The summed E-state index contributed by atoms with van der Waals surface area (Å²) in [5.74, 6) is 1.09. The molecule has 1 aromatic heterocycles. The number of hydrogen-bond donors (Lipinski definition) is 2. The minimum Gasteiger partial charge on any atom is -0.373 e. The second kappa shape index (κ2) is 5.18. The summed E-state index contributed by atoms with van der Waals surface area (Å²) in [5.41, 5.74) is 1.17. The molecule has 0 bridgehead atoms. The third-order valence-corrected chi connectivity index (χ3v) is 3.97. The Bertz CT molecular complexity index is 486. The zero-order valence-electron chi connectivity index (χ0n) is 12.1. The van der Waals surface area contributed by atoms with Crippen LogP contribution in [-0.2, 0) is 22.7 Å². The van der Waals surface area contributed by atoms with E-state index in [2.05, 4.69) is 29.6 Å². The Morgan fingerprint density at radius 2 is 2.50 bits per heavy atom. The van der Waals surface area contributed by atoms with Crippen molar-refractivity contribution in [3.8, 4) is 0 Å². The van der Waals surface area contributed by atoms with Gasteiger partial charge in [0.25, 0.3) is 0 Å². The fourth-order valence-electron chi connectivity index (χ4n) is 3.04. The van der Waals surface area contributed by atoms with Crippen LogP contribution in [0.5, 0.6) is 0 Å². The highest BCUT2D eigenvalue weighted by Crippen LogP contribution is 2.26. The summed E-state index contributed by atoms with van der Waals surface area (Å²) in [4.78, 5) is 12.1. The van der Waals surface area contributed by atoms with E-state index in [-0.39, 0.29) is 11.4 Å². The molecule has 1 amide bonds. The molecule has 6 heteroatoms. The number of ether oxygens (including phenoxy) is 1. The maximum Gasteiger partial charge on any atom is 0.225 e. The lowest BCUT2D eigenvalue weighted by Crippen LogP contribution is -2.31. The third-order valence-electron chi connectivity index (χ3n) is 3.97. The second-order valence-corrected chi connectivity index (χ2v) is 6.38. The molecule has 1 aromatic rings. The number of fused-ring (bicyclic) bond motifs is 1. The van der Waals surface area contributed by atoms with Crippen molar-refractivity contribution in [2.75, 3.05) is 18.5 Å². The Balaban J connectivity index is 1.55. The van der Waals surface area contributed by atoms with Gasteiger partial charge in [-0.25, -0.2) is 0 Å². The van der Waals surface area contributed by atoms with Gasteiger partial charge in [0.2, 0.25) is 5.91 Å². The first-order valence-electron chi connectivity index (χ1n) is 7.21. The predicted octanol–water partition coefficient (Wildman–Crippen LogP) is 1.13. The van der Waals surface area contributed by atoms with Gasteiger partial charge in [-0.2, -0.15) is 5.10 Å². The van der Waals surface area contributed by atoms with E-state index in [4.69, 9.17) is 4.74 Å². The number of hydrogen-bond acceptors (Lipinski definition) is 4. The molecular formula is C14H22N4O2. The molecule has 6 nitrogen and oxygen atoms in total. The van der Waals surface area contributed by atoms with Crippen molar-refractivity contribution in [1.29, 1.82) is 0 Å². The zero-order chi connectivity index (χ0) is 14.2. The highest BCUT2D eigenvalue weighted by atomic mass is 16.5. The van der Waals surface area contributed by atoms with Gasteiger partial charge in [-0.15, -0.1) is 0 Å². The lowest BCUT2D eigenvalue weighted by atomic mass is 9.94. The van der Waals surface area contributed by atoms with Gasteiger partial charge < -0.3 is 15.4 Å². The Morgan fingerprint density at radius 1 is 1.65 bits per heavy atom. The monoisotopic (exact) mass is 278 g/mol. The van der Waals surface area contributed by atoms with Crippen molar-refractivity contribution in [3.05, 3.63) is 11.8 Å². The van der Waals surface area contributed by atoms with Crippen LogP contribution in [0.15, 0.2) is 6.07 Å². The van der Waals surface area contributed by atoms with Gasteiger partial charge in [-0.1, -0.05) is 0 Å². The molecule has 0 radical (unpaired) electrons. The summed E-state index contributed by atoms with van der Waals surface area (Å²) < 4.78 is 7.27. The van der Waals surface area contributed by atoms with E-state index in [1.54, 1.807) is 0 Å². The Labute approximate surface area is 118 Å². The largest absolute Gasteiger partial charge is 0.373 e. The number of amides is 1. The molecule has 0 spiro atoms. The van der Waals surface area contributed by atoms with Crippen LogP contribution in [-0.4, -0.2) is 34.4 Å². The highest BCUT2D eigenvalue weighted by molar-refractivity contribution is 5.90. The summed E-state index contributed by atoms with van der Waals surface area (Å²) in [6, 6.07) is 1.90. The second-order valence-electron chi connectivity index (χ2n) is 6.38. The van der Waals surface area contributed by atoms with E-state index in [0.717, 1.165) is 25.2 Å². The minimum absolute atomic E-state index is 0.0471. The summed E-state index contributed by atoms with van der Waals surface area (Å²) >= 11 is 0. The Hall–Kier alpha value is -1.40. The third kappa shape index (κ3) is 3.02. The van der Waals surface area contributed by atoms with Crippen LogP contribution in [0, 0.1) is 5.92 Å². The summed E-state index contributed by atoms with van der Waals surface area (Å²) in [6.45, 7) is 7.27. The quantitative estimate of drug-likeness (QED) is 0.869. The first-order valence-corrected chi connectivity index (χ1v) is 7.21. The molecule has 1 saturated heterocycles. The van der Waals surface area contributed by atoms with E-state index in [1.165, 1.54) is 0 Å². The molecule has 0 aliphatic carbocycles. The number of rotatable bonds is 3. The first kappa shape index (κ1) is 13.6. The standard InChI is InChI=1S/C14H22N4O2/c1-14(2)7-10(8-15-14)5-13(19)16-12-6-11-9-20-4-3-18(11)17-12/h6,10,15H,3-5,7-9H2,1-2H3,(H,16,17,19). The molecule has 2 N–H and O–H groups in total. The highest BCUT2D eigenvalue weighted by Gasteiger charge is 2.31. The van der Waals surface area contributed by atoms with Crippen LogP contribution in [0.3, 0.4) is 0 Å². The van der Waals surface area contributed by atoms with Crippen LogP contribution in [0.1, 0.15) is 32.4 Å². The fourth-order valence-corrected chi connectivity index (χ4v) is 3.04. The zero-order valence-corrected chi connectivity index (χ0v) is 12.1. The van der Waals surface area contributed by atoms with Crippen molar-refractivity contribution in [1.82, 2.24) is 15.1 Å². The maximum atomic E-state index is 12.1. The normalized spacial score (nSPS) is 24.4. The molecule has 3 heterocycles. The van der Waals surface area contributed by atoms with Gasteiger partial charge in [0, 0.05) is 18.0 Å². The molecule has 1 fully saturated rings. The van der Waals surface area contributed by atoms with E-state index < -0.39 is 0 Å². The van der Waals surface area contributed by atoms with Crippen LogP contribution in [0.2, 0.25) is 0 Å². The van der Waals surface area contributed by atoms with Crippen molar-refractivity contribution >= 4 is 11.7 Å². The molecule has 2 aliphatic heterocycles. The summed E-state index contributed by atoms with van der Waals surface area (Å²) in [7, 11) is 0. The van der Waals surface area contributed by atoms with Crippen molar-refractivity contribution in [2.45, 2.75) is 45.4 Å². The van der Waals surface area contributed by atoms with Crippen molar-refractivity contribution in [3.63, 3.8) is 0 Å². The molecule has 1 atom stereocenters. The number of anilines is 1. The molecule has 110 valence electrons. The molecule has 20 heavy (non-hydrogen) atoms. The minimum atomic E-state index is 0.0471. The molecule has 0 saturated carbocycles. The van der Waals surface area contributed by atoms with Crippen LogP contribution in [0.4, 0.5) is 5.82 Å². The molecule has 3 rings (SSSR count). The average Bonchev–Trinajstić information content (AvgIpc) is 2.91. The molecular weight excluding hydrogens is 256 g/mol. The van der Waals surface area contributed by atoms with Gasteiger partial charge in [0.15, 0.2) is 5.82 Å². The maximum absolute atomic E-state index is 12.1. The van der Waals surface area contributed by atoms with E-state index in [0.29, 0.717) is 31.4 Å². The van der Waals surface area contributed by atoms with Gasteiger partial charge in [0.1, 0.15) is 0 Å². The predicted molar refractivity (Wildman–Crippen MR) is 75.3 cm³/mol. The fraction of sp³-hybridized carbons (Fsp3) is 0.714. The lowest BCUT2D eigenvalue weighted by Gasteiger charge is -2.17. The van der Waals surface area contributed by atoms with Gasteiger partial charge in [0.05, 0.1) is 25.5 Å². The van der Waals surface area contributed by atoms with Gasteiger partial charge >= 0.3 is 0 Å². The molecule has 2 aliphatic rings. The summed E-state index contributed by atoms with van der Waals surface area (Å²) in [6.07, 6.45) is 1.59. The smallest absolute Gasteiger partial charge is 0.225 e. The van der Waals surface area contributed by atoms with Crippen molar-refractivity contribution < 1.29 is 9.53 Å². The van der Waals surface area contributed by atoms with Crippen LogP contribution in [0.25, 0.3) is 0 Å². The van der Waals surface area contributed by atoms with E-state index >= 15 is 0 Å². The SMILES string of the molecule is CC1(C)CC(CC(=O)Nc2cc3n(n2)CCOC3)CN1. The number of nitrogens with one attached hydrogen (secondary N) is 2. The lowest BCUT2D eigenvalue weighted by molar-refractivity contribution is -0.117. The van der Waals surface area contributed by atoms with Gasteiger partial charge in [-0.05, 0) is 32.7 Å². The van der Waals surface area contributed by atoms with Crippen molar-refractivity contribution in [2.24, 2.45) is 5.92 Å². The molecule has 0 aromatic carbocycles. The number of carbonyl (C=O) groups excluding carboxylic acids is 1. The van der Waals surface area contributed by atoms with E-state index in [9.17, 15) is 4.79 Å².